The van der Waals surface area contributed by atoms with Crippen molar-refractivity contribution in [1.29, 1.82) is 0 Å². The first-order valence-corrected chi connectivity index (χ1v) is 4.48. The molecule has 1 amide bonds. The summed E-state index contributed by atoms with van der Waals surface area (Å²) in [4.78, 5) is 14.9. The average Bonchev–Trinajstić information content (AvgIpc) is 2.51. The molecule has 1 aromatic heterocycles. The number of hydrogen-bond acceptors (Lipinski definition) is 4. The van der Waals surface area contributed by atoms with E-state index in [1.165, 1.54) is 0 Å². The number of nitrogens with two attached hydrogens (primary N) is 1. The van der Waals surface area contributed by atoms with E-state index in [4.69, 9.17) is 5.73 Å². The lowest BCUT2D eigenvalue weighted by molar-refractivity contribution is -0.119. The molecule has 1 aliphatic rings. The molecule has 1 unspecified atom stereocenters. The van der Waals surface area contributed by atoms with Gasteiger partial charge in [0.25, 0.3) is 0 Å². The van der Waals surface area contributed by atoms with Gasteiger partial charge in [0.15, 0.2) is 0 Å². The Balaban J connectivity index is 2.00. The highest BCUT2D eigenvalue weighted by molar-refractivity contribution is 5.79. The van der Waals surface area contributed by atoms with E-state index in [0.717, 1.165) is 5.69 Å². The first kappa shape index (κ1) is 8.80. The zero-order chi connectivity index (χ0) is 9.97. The van der Waals surface area contributed by atoms with Crippen LogP contribution >= 0.6 is 0 Å². The lowest BCUT2D eigenvalue weighted by Crippen LogP contribution is -2.22. The number of pyridine rings is 1. The van der Waals surface area contributed by atoms with Crippen LogP contribution in [-0.2, 0) is 4.79 Å². The molecule has 4 N–H and O–H groups in total. The van der Waals surface area contributed by atoms with Crippen LogP contribution in [0.1, 0.15) is 6.42 Å². The molecule has 0 spiro atoms. The van der Waals surface area contributed by atoms with Crippen LogP contribution in [0.25, 0.3) is 0 Å². The molecule has 0 aromatic carbocycles. The molecule has 74 valence electrons. The fraction of sp³-hybridized carbons (Fsp3) is 0.333. The Kier molecular flexibility index (Phi) is 2.22. The maximum Gasteiger partial charge on any atom is 0.222 e. The third kappa shape index (κ3) is 1.93. The Morgan fingerprint density at radius 3 is 3.07 bits per heavy atom. The van der Waals surface area contributed by atoms with Crippen LogP contribution in [0, 0.1) is 0 Å². The van der Waals surface area contributed by atoms with Crippen LogP contribution in [0.4, 0.5) is 11.4 Å². The van der Waals surface area contributed by atoms with Gasteiger partial charge in [0.05, 0.1) is 23.6 Å². The monoisotopic (exact) mass is 192 g/mol. The second-order valence-corrected chi connectivity index (χ2v) is 3.36. The Morgan fingerprint density at radius 1 is 1.57 bits per heavy atom. The molecule has 2 heterocycles. The highest BCUT2D eigenvalue weighted by atomic mass is 16.1. The van der Waals surface area contributed by atoms with Crippen molar-refractivity contribution in [2.45, 2.75) is 12.5 Å². The van der Waals surface area contributed by atoms with Gasteiger partial charge in [0, 0.05) is 19.2 Å². The lowest BCUT2D eigenvalue weighted by atomic mass is 10.2. The van der Waals surface area contributed by atoms with Crippen LogP contribution in [0.5, 0.6) is 0 Å². The Morgan fingerprint density at radius 2 is 2.43 bits per heavy atom. The normalized spacial score (nSPS) is 20.6. The Hall–Kier alpha value is -1.78. The Labute approximate surface area is 81.7 Å². The van der Waals surface area contributed by atoms with Gasteiger partial charge in [-0.2, -0.15) is 0 Å². The first-order valence-electron chi connectivity index (χ1n) is 4.48. The van der Waals surface area contributed by atoms with E-state index in [2.05, 4.69) is 15.6 Å². The van der Waals surface area contributed by atoms with Crippen molar-refractivity contribution in [2.75, 3.05) is 17.6 Å². The standard InChI is InChI=1S/C9H12N4O/c10-6-1-7(4-11-3-6)13-8-2-9(14)12-5-8/h1,3-4,8,13H,2,5,10H2,(H,12,14). The number of nitrogens with one attached hydrogen (secondary N) is 2. The smallest absolute Gasteiger partial charge is 0.222 e. The van der Waals surface area contributed by atoms with Crippen molar-refractivity contribution in [3.63, 3.8) is 0 Å². The molecule has 5 heteroatoms. The molecule has 1 atom stereocenters. The quantitative estimate of drug-likeness (QED) is 0.614. The van der Waals surface area contributed by atoms with Crippen LogP contribution in [-0.4, -0.2) is 23.5 Å². The van der Waals surface area contributed by atoms with Crippen molar-refractivity contribution in [2.24, 2.45) is 0 Å². The summed E-state index contributed by atoms with van der Waals surface area (Å²) in [6.07, 6.45) is 3.79. The summed E-state index contributed by atoms with van der Waals surface area (Å²) in [6, 6.07) is 1.95. The average molecular weight is 192 g/mol. The van der Waals surface area contributed by atoms with Gasteiger partial charge >= 0.3 is 0 Å². The van der Waals surface area contributed by atoms with Crippen molar-refractivity contribution in [3.8, 4) is 0 Å². The van der Waals surface area contributed by atoms with Crippen molar-refractivity contribution in [1.82, 2.24) is 10.3 Å². The molecule has 1 saturated heterocycles. The fourth-order valence-corrected chi connectivity index (χ4v) is 1.48. The molecule has 5 nitrogen and oxygen atoms in total. The van der Waals surface area contributed by atoms with Gasteiger partial charge in [0.1, 0.15) is 0 Å². The molecule has 2 rings (SSSR count). The van der Waals surface area contributed by atoms with E-state index in [9.17, 15) is 4.79 Å². The van der Waals surface area contributed by atoms with Crippen LogP contribution in [0.2, 0.25) is 0 Å². The lowest BCUT2D eigenvalue weighted by Gasteiger charge is -2.11. The predicted octanol–water partition coefficient (Wildman–Crippen LogP) is -0.0358. The summed E-state index contributed by atoms with van der Waals surface area (Å²) in [7, 11) is 0. The maximum atomic E-state index is 10.9. The van der Waals surface area contributed by atoms with E-state index >= 15 is 0 Å². The third-order valence-electron chi connectivity index (χ3n) is 2.11. The number of rotatable bonds is 2. The molecular weight excluding hydrogens is 180 g/mol. The van der Waals surface area contributed by atoms with E-state index < -0.39 is 0 Å². The molecule has 0 radical (unpaired) electrons. The zero-order valence-corrected chi connectivity index (χ0v) is 7.66. The predicted molar refractivity (Wildman–Crippen MR) is 53.7 cm³/mol. The second-order valence-electron chi connectivity index (χ2n) is 3.36. The minimum absolute atomic E-state index is 0.0827. The third-order valence-corrected chi connectivity index (χ3v) is 2.11. The van der Waals surface area contributed by atoms with E-state index in [0.29, 0.717) is 18.7 Å². The van der Waals surface area contributed by atoms with Crippen molar-refractivity contribution < 1.29 is 4.79 Å². The number of amides is 1. The van der Waals surface area contributed by atoms with E-state index in [1.807, 2.05) is 0 Å². The second kappa shape index (κ2) is 3.53. The van der Waals surface area contributed by atoms with Crippen LogP contribution in [0.3, 0.4) is 0 Å². The van der Waals surface area contributed by atoms with Crippen molar-refractivity contribution >= 4 is 17.3 Å². The van der Waals surface area contributed by atoms with Gasteiger partial charge < -0.3 is 16.4 Å². The molecule has 1 aliphatic heterocycles. The van der Waals surface area contributed by atoms with Gasteiger partial charge in [-0.3, -0.25) is 9.78 Å². The van der Waals surface area contributed by atoms with Crippen LogP contribution in [0.15, 0.2) is 18.5 Å². The minimum Gasteiger partial charge on any atom is -0.397 e. The van der Waals surface area contributed by atoms with Crippen molar-refractivity contribution in [3.05, 3.63) is 18.5 Å². The number of nitrogen functional groups attached to an aromatic ring is 1. The van der Waals surface area contributed by atoms with Gasteiger partial charge in [-0.1, -0.05) is 0 Å². The molecule has 1 aromatic rings. The topological polar surface area (TPSA) is 80.0 Å². The fourth-order valence-electron chi connectivity index (χ4n) is 1.48. The summed E-state index contributed by atoms with van der Waals surface area (Å²) in [5.74, 6) is 0.0827. The summed E-state index contributed by atoms with van der Waals surface area (Å²) in [5.41, 5.74) is 7.05. The zero-order valence-electron chi connectivity index (χ0n) is 7.66. The highest BCUT2D eigenvalue weighted by Crippen LogP contribution is 2.13. The Bertz CT molecular complexity index is 352. The number of nitrogens with zero attached hydrogens (tertiary/aromatic N) is 1. The van der Waals surface area contributed by atoms with Gasteiger partial charge in [-0.25, -0.2) is 0 Å². The summed E-state index contributed by atoms with van der Waals surface area (Å²) in [5, 5.41) is 5.94. The summed E-state index contributed by atoms with van der Waals surface area (Å²) in [6.45, 7) is 0.660. The molecule has 0 aliphatic carbocycles. The van der Waals surface area contributed by atoms with Crippen LogP contribution < -0.4 is 16.4 Å². The number of anilines is 2. The molecular formula is C9H12N4O. The molecule has 0 bridgehead atoms. The molecule has 1 fully saturated rings. The number of hydrogen-bond donors (Lipinski definition) is 3. The van der Waals surface area contributed by atoms with Gasteiger partial charge in [0.2, 0.25) is 5.91 Å². The van der Waals surface area contributed by atoms with Gasteiger partial charge in [-0.05, 0) is 6.07 Å². The SMILES string of the molecule is Nc1cncc(NC2CNC(=O)C2)c1. The number of carbonyl (C=O) groups excluding carboxylic acids is 1. The number of aromatic nitrogens is 1. The number of carbonyl (C=O) groups is 1. The van der Waals surface area contributed by atoms with E-state index in [-0.39, 0.29) is 11.9 Å². The minimum atomic E-state index is 0.0827. The highest BCUT2D eigenvalue weighted by Gasteiger charge is 2.20. The summed E-state index contributed by atoms with van der Waals surface area (Å²) < 4.78 is 0. The largest absolute Gasteiger partial charge is 0.397 e. The maximum absolute atomic E-state index is 10.9. The van der Waals surface area contributed by atoms with Gasteiger partial charge in [-0.15, -0.1) is 0 Å². The van der Waals surface area contributed by atoms with E-state index in [1.54, 1.807) is 18.5 Å². The molecule has 14 heavy (non-hydrogen) atoms. The summed E-state index contributed by atoms with van der Waals surface area (Å²) >= 11 is 0. The first-order chi connectivity index (χ1) is 6.74. The molecule has 0 saturated carbocycles.